The lowest BCUT2D eigenvalue weighted by Crippen LogP contribution is -2.24. The van der Waals surface area contributed by atoms with Crippen molar-refractivity contribution >= 4 is 5.91 Å². The average Bonchev–Trinajstić information content (AvgIpc) is 2.89. The van der Waals surface area contributed by atoms with E-state index in [0.717, 1.165) is 18.4 Å². The molecular weight excluding hydrogens is 245 g/mol. The zero-order valence-corrected chi connectivity index (χ0v) is 10.7. The molecule has 1 aromatic carbocycles. The van der Waals surface area contributed by atoms with Gasteiger partial charge in [-0.2, -0.15) is 0 Å². The van der Waals surface area contributed by atoms with Crippen LogP contribution >= 0.6 is 0 Å². The molecule has 5 heteroatoms. The van der Waals surface area contributed by atoms with E-state index in [-0.39, 0.29) is 11.7 Å². The molecule has 0 spiro atoms. The molecule has 0 saturated carbocycles. The maximum Gasteiger partial charge on any atom is 0.269 e. The summed E-state index contributed by atoms with van der Waals surface area (Å²) >= 11 is 0. The van der Waals surface area contributed by atoms with Crippen molar-refractivity contribution in [3.8, 4) is 11.4 Å². The third-order valence-electron chi connectivity index (χ3n) is 2.75. The summed E-state index contributed by atoms with van der Waals surface area (Å²) in [5, 5.41) is 2.80. The summed E-state index contributed by atoms with van der Waals surface area (Å²) in [4.78, 5) is 18.8. The summed E-state index contributed by atoms with van der Waals surface area (Å²) in [5.41, 5.74) is 1.16. The van der Waals surface area contributed by atoms with E-state index >= 15 is 0 Å². The maximum atomic E-state index is 12.8. The normalized spacial score (nSPS) is 10.4. The summed E-state index contributed by atoms with van der Waals surface area (Å²) in [5.74, 6) is 0.0859. The molecule has 0 aliphatic heterocycles. The standard InChI is InChI=1S/C14H16FN3O/c1-2-3-8-16-14(19)12-9-17-13(18-12)10-4-6-11(15)7-5-10/h4-7,9H,2-3,8H2,1H3,(H,16,19)(H,17,18). The summed E-state index contributed by atoms with van der Waals surface area (Å²) < 4.78 is 12.8. The summed E-state index contributed by atoms with van der Waals surface area (Å²) in [7, 11) is 0. The lowest BCUT2D eigenvalue weighted by atomic mass is 10.2. The van der Waals surface area contributed by atoms with Crippen LogP contribution in [0.4, 0.5) is 4.39 Å². The highest BCUT2D eigenvalue weighted by Crippen LogP contribution is 2.15. The van der Waals surface area contributed by atoms with Gasteiger partial charge in [-0.15, -0.1) is 0 Å². The highest BCUT2D eigenvalue weighted by molar-refractivity contribution is 5.92. The first kappa shape index (κ1) is 13.3. The smallest absolute Gasteiger partial charge is 0.269 e. The molecule has 1 amide bonds. The van der Waals surface area contributed by atoms with Crippen molar-refractivity contribution in [2.75, 3.05) is 6.54 Å². The largest absolute Gasteiger partial charge is 0.351 e. The lowest BCUT2D eigenvalue weighted by Gasteiger charge is -2.01. The summed E-state index contributed by atoms with van der Waals surface area (Å²) in [6.07, 6.45) is 3.47. The third kappa shape index (κ3) is 3.40. The van der Waals surface area contributed by atoms with E-state index < -0.39 is 0 Å². The molecule has 0 atom stereocenters. The van der Waals surface area contributed by atoms with Crippen LogP contribution in [-0.4, -0.2) is 22.4 Å². The van der Waals surface area contributed by atoms with E-state index in [9.17, 15) is 9.18 Å². The monoisotopic (exact) mass is 261 g/mol. The second-order valence-electron chi connectivity index (χ2n) is 4.26. The minimum absolute atomic E-state index is 0.172. The number of rotatable bonds is 5. The molecule has 0 fully saturated rings. The summed E-state index contributed by atoms with van der Waals surface area (Å²) in [6.45, 7) is 2.72. The molecule has 0 unspecified atom stereocenters. The van der Waals surface area contributed by atoms with Crippen LogP contribution in [0.25, 0.3) is 11.4 Å². The molecule has 1 heterocycles. The molecule has 0 aliphatic carbocycles. The van der Waals surface area contributed by atoms with E-state index in [1.807, 2.05) is 0 Å². The molecule has 0 radical (unpaired) electrons. The van der Waals surface area contributed by atoms with Gasteiger partial charge < -0.3 is 10.3 Å². The van der Waals surface area contributed by atoms with E-state index in [0.29, 0.717) is 18.1 Å². The molecule has 4 nitrogen and oxygen atoms in total. The van der Waals surface area contributed by atoms with Crippen LogP contribution in [0.15, 0.2) is 30.5 Å². The lowest BCUT2D eigenvalue weighted by molar-refractivity contribution is 0.0949. The number of hydrogen-bond acceptors (Lipinski definition) is 2. The molecule has 0 aliphatic rings. The van der Waals surface area contributed by atoms with Crippen molar-refractivity contribution in [1.82, 2.24) is 15.3 Å². The van der Waals surface area contributed by atoms with Gasteiger partial charge in [0, 0.05) is 12.1 Å². The number of benzene rings is 1. The Morgan fingerprint density at radius 3 is 2.79 bits per heavy atom. The molecule has 2 rings (SSSR count). The number of carbonyl (C=O) groups excluding carboxylic acids is 1. The van der Waals surface area contributed by atoms with Crippen LogP contribution < -0.4 is 5.32 Å². The Kier molecular flexibility index (Phi) is 4.28. The molecular formula is C14H16FN3O. The van der Waals surface area contributed by atoms with Gasteiger partial charge in [0.25, 0.3) is 5.91 Å². The number of aromatic amines is 1. The first-order chi connectivity index (χ1) is 9.20. The van der Waals surface area contributed by atoms with Gasteiger partial charge >= 0.3 is 0 Å². The fourth-order valence-electron chi connectivity index (χ4n) is 1.66. The number of aromatic nitrogens is 2. The maximum absolute atomic E-state index is 12.8. The van der Waals surface area contributed by atoms with Gasteiger partial charge in [0.15, 0.2) is 0 Å². The quantitative estimate of drug-likeness (QED) is 0.813. The Hall–Kier alpha value is -2.17. The summed E-state index contributed by atoms with van der Waals surface area (Å²) in [6, 6.07) is 5.96. The number of halogens is 1. The van der Waals surface area contributed by atoms with E-state index in [1.165, 1.54) is 18.3 Å². The van der Waals surface area contributed by atoms with E-state index in [4.69, 9.17) is 0 Å². The topological polar surface area (TPSA) is 57.8 Å². The predicted octanol–water partition coefficient (Wildman–Crippen LogP) is 2.75. The van der Waals surface area contributed by atoms with Crippen molar-refractivity contribution in [2.45, 2.75) is 19.8 Å². The Labute approximate surface area is 111 Å². The Bertz CT molecular complexity index is 548. The Morgan fingerprint density at radius 2 is 2.11 bits per heavy atom. The Morgan fingerprint density at radius 1 is 1.37 bits per heavy atom. The zero-order valence-electron chi connectivity index (χ0n) is 10.7. The second-order valence-corrected chi connectivity index (χ2v) is 4.26. The molecule has 2 N–H and O–H groups in total. The molecule has 100 valence electrons. The predicted molar refractivity (Wildman–Crippen MR) is 71.2 cm³/mol. The zero-order chi connectivity index (χ0) is 13.7. The number of carbonyl (C=O) groups is 1. The van der Waals surface area contributed by atoms with Crippen LogP contribution in [0.1, 0.15) is 30.3 Å². The van der Waals surface area contributed by atoms with Gasteiger partial charge in [0.05, 0.1) is 6.20 Å². The third-order valence-corrected chi connectivity index (χ3v) is 2.75. The second kappa shape index (κ2) is 6.13. The molecule has 19 heavy (non-hydrogen) atoms. The number of H-pyrrole nitrogens is 1. The highest BCUT2D eigenvalue weighted by atomic mass is 19.1. The first-order valence-electron chi connectivity index (χ1n) is 6.30. The van der Waals surface area contributed by atoms with Gasteiger partial charge in [-0.3, -0.25) is 4.79 Å². The highest BCUT2D eigenvalue weighted by Gasteiger charge is 2.09. The minimum Gasteiger partial charge on any atom is -0.351 e. The fourth-order valence-corrected chi connectivity index (χ4v) is 1.66. The molecule has 2 aromatic rings. The molecule has 0 bridgehead atoms. The van der Waals surface area contributed by atoms with Gasteiger partial charge in [-0.1, -0.05) is 13.3 Å². The number of unbranched alkanes of at least 4 members (excludes halogenated alkanes) is 1. The first-order valence-corrected chi connectivity index (χ1v) is 6.30. The average molecular weight is 261 g/mol. The van der Waals surface area contributed by atoms with Crippen molar-refractivity contribution < 1.29 is 9.18 Å². The van der Waals surface area contributed by atoms with Crippen LogP contribution in [0.3, 0.4) is 0 Å². The van der Waals surface area contributed by atoms with Crippen molar-refractivity contribution in [3.63, 3.8) is 0 Å². The number of nitrogens with zero attached hydrogens (tertiary/aromatic N) is 1. The number of imidazole rings is 1. The van der Waals surface area contributed by atoms with Gasteiger partial charge in [0.2, 0.25) is 0 Å². The number of nitrogens with one attached hydrogen (secondary N) is 2. The SMILES string of the molecule is CCCCNC(=O)c1cnc(-c2ccc(F)cc2)[nH]1. The molecule has 1 aromatic heterocycles. The number of hydrogen-bond donors (Lipinski definition) is 2. The van der Waals surface area contributed by atoms with E-state index in [1.54, 1.807) is 12.1 Å². The number of amides is 1. The van der Waals surface area contributed by atoms with Crippen molar-refractivity contribution in [3.05, 3.63) is 42.0 Å². The van der Waals surface area contributed by atoms with Crippen LogP contribution in [0, 0.1) is 5.82 Å². The fraction of sp³-hybridized carbons (Fsp3) is 0.286. The van der Waals surface area contributed by atoms with Crippen LogP contribution in [0.5, 0.6) is 0 Å². The molecule has 0 saturated heterocycles. The van der Waals surface area contributed by atoms with Gasteiger partial charge in [-0.05, 0) is 30.7 Å². The van der Waals surface area contributed by atoms with Crippen LogP contribution in [-0.2, 0) is 0 Å². The van der Waals surface area contributed by atoms with Crippen molar-refractivity contribution in [2.24, 2.45) is 0 Å². The van der Waals surface area contributed by atoms with Gasteiger partial charge in [-0.25, -0.2) is 9.37 Å². The van der Waals surface area contributed by atoms with Crippen molar-refractivity contribution in [1.29, 1.82) is 0 Å². The Balaban J connectivity index is 2.06. The van der Waals surface area contributed by atoms with Crippen LogP contribution in [0.2, 0.25) is 0 Å². The van der Waals surface area contributed by atoms with Gasteiger partial charge in [0.1, 0.15) is 17.3 Å². The minimum atomic E-state index is -0.298. The van der Waals surface area contributed by atoms with E-state index in [2.05, 4.69) is 22.2 Å².